The van der Waals surface area contributed by atoms with Crippen LogP contribution in [0.3, 0.4) is 0 Å². The Labute approximate surface area is 130 Å². The number of ether oxygens (including phenoxy) is 1. The zero-order valence-corrected chi connectivity index (χ0v) is 12.3. The van der Waals surface area contributed by atoms with Gasteiger partial charge in [-0.3, -0.25) is 4.79 Å². The van der Waals surface area contributed by atoms with Gasteiger partial charge in [-0.05, 0) is 30.5 Å². The number of anilines is 1. The Kier molecular flexibility index (Phi) is 4.47. The highest BCUT2D eigenvalue weighted by Gasteiger charge is 2.43. The maximum Gasteiger partial charge on any atom is 0.422 e. The van der Waals surface area contributed by atoms with E-state index in [0.29, 0.717) is 18.4 Å². The van der Waals surface area contributed by atoms with Gasteiger partial charge in [0.1, 0.15) is 5.75 Å². The molecule has 1 aliphatic rings. The molecule has 0 atom stereocenters. The van der Waals surface area contributed by atoms with Crippen molar-refractivity contribution >= 4 is 23.3 Å². The van der Waals surface area contributed by atoms with E-state index in [1.165, 1.54) is 12.1 Å². The molecule has 0 bridgehead atoms. The number of alkyl halides is 3. The van der Waals surface area contributed by atoms with E-state index >= 15 is 0 Å². The number of benzene rings is 1. The number of nitrogen functional groups attached to an aromatic ring is 1. The van der Waals surface area contributed by atoms with Crippen molar-refractivity contribution in [2.75, 3.05) is 12.3 Å². The number of carboxylic acid groups (broad SMARTS) is 1. The first-order valence-corrected chi connectivity index (χ1v) is 7.06. The highest BCUT2D eigenvalue weighted by molar-refractivity contribution is 6.33. The molecule has 22 heavy (non-hydrogen) atoms. The second-order valence-electron chi connectivity index (χ2n) is 5.37. The fourth-order valence-electron chi connectivity index (χ4n) is 2.75. The molecule has 0 aromatic heterocycles. The van der Waals surface area contributed by atoms with E-state index in [-0.39, 0.29) is 16.5 Å². The maximum absolute atomic E-state index is 12.3. The molecule has 1 aromatic carbocycles. The van der Waals surface area contributed by atoms with E-state index in [9.17, 15) is 23.1 Å². The number of carboxylic acids is 1. The molecule has 2 rings (SSSR count). The molecule has 0 heterocycles. The molecule has 0 radical (unpaired) electrons. The lowest BCUT2D eigenvalue weighted by atomic mass is 9.79. The summed E-state index contributed by atoms with van der Waals surface area (Å²) in [7, 11) is 0. The quantitative estimate of drug-likeness (QED) is 0.820. The minimum absolute atomic E-state index is 0.0119. The maximum atomic E-state index is 12.3. The minimum atomic E-state index is -4.52. The lowest BCUT2D eigenvalue weighted by Crippen LogP contribution is -2.32. The van der Waals surface area contributed by atoms with E-state index in [2.05, 4.69) is 4.74 Å². The van der Waals surface area contributed by atoms with Crippen LogP contribution in [0.15, 0.2) is 12.1 Å². The van der Waals surface area contributed by atoms with Gasteiger partial charge in [0.05, 0.1) is 16.1 Å². The van der Waals surface area contributed by atoms with E-state index in [4.69, 9.17) is 17.3 Å². The molecule has 0 amide bonds. The lowest BCUT2D eigenvalue weighted by molar-refractivity contribution is -0.153. The summed E-state index contributed by atoms with van der Waals surface area (Å²) in [5.74, 6) is -1.26. The Bertz CT molecular complexity index is 583. The van der Waals surface area contributed by atoms with Gasteiger partial charge >= 0.3 is 12.1 Å². The van der Waals surface area contributed by atoms with Gasteiger partial charge in [0.2, 0.25) is 0 Å². The molecule has 1 aliphatic carbocycles. The van der Waals surface area contributed by atoms with Gasteiger partial charge < -0.3 is 15.6 Å². The first-order chi connectivity index (χ1) is 10.2. The molecular formula is C14H15ClF3NO3. The summed E-state index contributed by atoms with van der Waals surface area (Å²) in [4.78, 5) is 11.7. The van der Waals surface area contributed by atoms with Gasteiger partial charge in [0.25, 0.3) is 0 Å². The first-order valence-electron chi connectivity index (χ1n) is 6.68. The normalized spacial score (nSPS) is 17.5. The van der Waals surface area contributed by atoms with Crippen molar-refractivity contribution in [1.29, 1.82) is 0 Å². The standard InChI is InChI=1S/C14H15ClF3NO3/c15-9-5-8(13(12(20)21)3-1-2-4-13)6-10(11(9)19)22-7-14(16,17)18/h5-6H,1-4,7,19H2,(H,20,21). The van der Waals surface area contributed by atoms with E-state index in [0.717, 1.165) is 12.8 Å². The number of hydrogen-bond donors (Lipinski definition) is 2. The topological polar surface area (TPSA) is 72.6 Å². The Balaban J connectivity index is 2.41. The van der Waals surface area contributed by atoms with Crippen LogP contribution in [0.25, 0.3) is 0 Å². The Morgan fingerprint density at radius 2 is 1.95 bits per heavy atom. The average Bonchev–Trinajstić information content (AvgIpc) is 2.90. The number of aliphatic carboxylic acids is 1. The largest absolute Gasteiger partial charge is 0.482 e. The van der Waals surface area contributed by atoms with Crippen LogP contribution in [0.4, 0.5) is 18.9 Å². The summed E-state index contributed by atoms with van der Waals surface area (Å²) in [6, 6.07) is 2.66. The van der Waals surface area contributed by atoms with E-state index in [1.54, 1.807) is 0 Å². The van der Waals surface area contributed by atoms with Crippen molar-refractivity contribution in [2.45, 2.75) is 37.3 Å². The van der Waals surface area contributed by atoms with Crippen molar-refractivity contribution < 1.29 is 27.8 Å². The summed E-state index contributed by atoms with van der Waals surface area (Å²) < 4.78 is 41.5. The number of rotatable bonds is 4. The molecule has 0 saturated heterocycles. The van der Waals surface area contributed by atoms with Crippen molar-refractivity contribution in [1.82, 2.24) is 0 Å². The SMILES string of the molecule is Nc1c(Cl)cc(C2(C(=O)O)CCCC2)cc1OCC(F)(F)F. The van der Waals surface area contributed by atoms with Crippen molar-refractivity contribution in [3.8, 4) is 5.75 Å². The molecule has 8 heteroatoms. The molecular weight excluding hydrogens is 323 g/mol. The molecule has 122 valence electrons. The van der Waals surface area contributed by atoms with Crippen LogP contribution in [0.5, 0.6) is 5.75 Å². The third-order valence-corrected chi connectivity index (χ3v) is 4.21. The summed E-state index contributed by atoms with van der Waals surface area (Å²) >= 11 is 5.93. The summed E-state index contributed by atoms with van der Waals surface area (Å²) in [6.45, 7) is -1.52. The number of halogens is 4. The van der Waals surface area contributed by atoms with Crippen LogP contribution in [0.1, 0.15) is 31.2 Å². The summed E-state index contributed by atoms with van der Waals surface area (Å²) in [6.07, 6.45) is -2.25. The average molecular weight is 338 g/mol. The van der Waals surface area contributed by atoms with Gasteiger partial charge in [-0.15, -0.1) is 0 Å². The highest BCUT2D eigenvalue weighted by atomic mass is 35.5. The molecule has 3 N–H and O–H groups in total. The second kappa shape index (κ2) is 5.87. The van der Waals surface area contributed by atoms with Gasteiger partial charge in [0.15, 0.2) is 6.61 Å². The number of carbonyl (C=O) groups is 1. The first kappa shape index (κ1) is 16.7. The zero-order chi connectivity index (χ0) is 16.5. The van der Waals surface area contributed by atoms with Gasteiger partial charge in [-0.1, -0.05) is 24.4 Å². The van der Waals surface area contributed by atoms with Gasteiger partial charge in [-0.2, -0.15) is 13.2 Å². The molecule has 0 aliphatic heterocycles. The Hall–Kier alpha value is -1.63. The van der Waals surface area contributed by atoms with Crippen molar-refractivity contribution in [2.24, 2.45) is 0 Å². The van der Waals surface area contributed by atoms with E-state index in [1.807, 2.05) is 0 Å². The molecule has 0 spiro atoms. The molecule has 0 unspecified atom stereocenters. The fraction of sp³-hybridized carbons (Fsp3) is 0.500. The highest BCUT2D eigenvalue weighted by Crippen LogP contribution is 2.45. The van der Waals surface area contributed by atoms with Gasteiger partial charge in [0, 0.05) is 0 Å². The summed E-state index contributed by atoms with van der Waals surface area (Å²) in [5, 5.41) is 9.52. The molecule has 1 saturated carbocycles. The Morgan fingerprint density at radius 1 is 1.36 bits per heavy atom. The monoisotopic (exact) mass is 337 g/mol. The lowest BCUT2D eigenvalue weighted by Gasteiger charge is -2.26. The number of hydrogen-bond acceptors (Lipinski definition) is 3. The van der Waals surface area contributed by atoms with Crippen LogP contribution >= 0.6 is 11.6 Å². The van der Waals surface area contributed by atoms with Crippen LogP contribution in [-0.4, -0.2) is 23.9 Å². The molecule has 4 nitrogen and oxygen atoms in total. The fourth-order valence-corrected chi connectivity index (χ4v) is 2.96. The third-order valence-electron chi connectivity index (χ3n) is 3.90. The molecule has 1 fully saturated rings. The third kappa shape index (κ3) is 3.24. The predicted octanol–water partition coefficient (Wildman–Crippen LogP) is 3.76. The number of nitrogens with two attached hydrogens (primary N) is 1. The second-order valence-corrected chi connectivity index (χ2v) is 5.78. The smallest absolute Gasteiger partial charge is 0.422 e. The van der Waals surface area contributed by atoms with Crippen LogP contribution < -0.4 is 10.5 Å². The van der Waals surface area contributed by atoms with Crippen molar-refractivity contribution in [3.05, 3.63) is 22.7 Å². The van der Waals surface area contributed by atoms with Crippen LogP contribution in [-0.2, 0) is 10.2 Å². The van der Waals surface area contributed by atoms with Crippen LogP contribution in [0.2, 0.25) is 5.02 Å². The summed E-state index contributed by atoms with van der Waals surface area (Å²) in [5.41, 5.74) is 4.68. The molecule has 1 aromatic rings. The predicted molar refractivity (Wildman–Crippen MR) is 75.2 cm³/mol. The minimum Gasteiger partial charge on any atom is -0.482 e. The zero-order valence-electron chi connectivity index (χ0n) is 11.5. The van der Waals surface area contributed by atoms with Crippen molar-refractivity contribution in [3.63, 3.8) is 0 Å². The Morgan fingerprint density at radius 3 is 2.45 bits per heavy atom. The van der Waals surface area contributed by atoms with E-state index < -0.39 is 24.2 Å². The van der Waals surface area contributed by atoms with Crippen LogP contribution in [0, 0.1) is 0 Å². The van der Waals surface area contributed by atoms with Gasteiger partial charge in [-0.25, -0.2) is 0 Å².